The molecule has 0 radical (unpaired) electrons. The molecule has 1 amide bonds. The molecule has 0 saturated carbocycles. The minimum absolute atomic E-state index is 0.0322. The van der Waals surface area contributed by atoms with E-state index in [9.17, 15) is 4.79 Å². The van der Waals surface area contributed by atoms with Crippen LogP contribution in [0, 0.1) is 0 Å². The van der Waals surface area contributed by atoms with Crippen LogP contribution in [-0.4, -0.2) is 52.7 Å². The summed E-state index contributed by atoms with van der Waals surface area (Å²) in [6, 6.07) is 4.31. The van der Waals surface area contributed by atoms with Crippen LogP contribution in [0.2, 0.25) is 0 Å². The van der Waals surface area contributed by atoms with Gasteiger partial charge in [0.2, 0.25) is 5.91 Å². The number of carbonyl (C=O) groups is 1. The first kappa shape index (κ1) is 14.4. The van der Waals surface area contributed by atoms with E-state index < -0.39 is 0 Å². The smallest absolute Gasteiger partial charge is 0.237 e. The molecule has 3 heterocycles. The predicted octanol–water partition coefficient (Wildman–Crippen LogP) is 0.309. The quantitative estimate of drug-likeness (QED) is 0.835. The van der Waals surface area contributed by atoms with Crippen molar-refractivity contribution in [1.29, 1.82) is 0 Å². The number of amides is 1. The fraction of sp³-hybridized carbons (Fsp3) is 0.667. The van der Waals surface area contributed by atoms with Crippen LogP contribution < -0.4 is 10.6 Å². The van der Waals surface area contributed by atoms with Gasteiger partial charge < -0.3 is 10.6 Å². The van der Waals surface area contributed by atoms with Crippen molar-refractivity contribution in [3.63, 3.8) is 0 Å². The van der Waals surface area contributed by atoms with Crippen LogP contribution in [0.15, 0.2) is 18.3 Å². The van der Waals surface area contributed by atoms with Gasteiger partial charge in [0, 0.05) is 12.2 Å². The Morgan fingerprint density at radius 2 is 2.24 bits per heavy atom. The summed E-state index contributed by atoms with van der Waals surface area (Å²) in [5.41, 5.74) is 0.803. The zero-order valence-electron chi connectivity index (χ0n) is 12.3. The topological polar surface area (TPSA) is 70.2 Å². The molecule has 0 aliphatic carbocycles. The van der Waals surface area contributed by atoms with Crippen LogP contribution in [0.25, 0.3) is 0 Å². The molecule has 2 fully saturated rings. The first-order valence-corrected chi connectivity index (χ1v) is 7.85. The molecular weight excluding hydrogens is 266 g/mol. The fourth-order valence-electron chi connectivity index (χ4n) is 3.37. The molecule has 6 heteroatoms. The molecule has 0 spiro atoms. The molecule has 0 aromatic carbocycles. The van der Waals surface area contributed by atoms with Crippen molar-refractivity contribution in [3.05, 3.63) is 24.0 Å². The highest BCUT2D eigenvalue weighted by Gasteiger charge is 2.35. The molecule has 1 unspecified atom stereocenters. The van der Waals surface area contributed by atoms with Crippen LogP contribution in [0.1, 0.15) is 31.4 Å². The largest absolute Gasteiger partial charge is 0.349 e. The van der Waals surface area contributed by atoms with Crippen LogP contribution >= 0.6 is 0 Å². The molecule has 1 atom stereocenters. The Labute approximate surface area is 125 Å². The minimum atomic E-state index is 0.0322. The Bertz CT molecular complexity index is 460. The molecule has 3 rings (SSSR count). The maximum absolute atomic E-state index is 12.5. The summed E-state index contributed by atoms with van der Waals surface area (Å²) in [6.07, 6.45) is 6.02. The lowest BCUT2D eigenvalue weighted by Crippen LogP contribution is -2.50. The third kappa shape index (κ3) is 3.57. The second-order valence-electron chi connectivity index (χ2n) is 5.81. The monoisotopic (exact) mass is 289 g/mol. The van der Waals surface area contributed by atoms with Crippen molar-refractivity contribution in [2.45, 2.75) is 44.3 Å². The van der Waals surface area contributed by atoms with E-state index >= 15 is 0 Å². The van der Waals surface area contributed by atoms with Crippen LogP contribution in [0.3, 0.4) is 0 Å². The lowest BCUT2D eigenvalue weighted by molar-refractivity contribution is -0.126. The van der Waals surface area contributed by atoms with E-state index in [1.54, 1.807) is 6.20 Å². The Morgan fingerprint density at radius 1 is 1.38 bits per heavy atom. The molecule has 2 aliphatic heterocycles. The minimum Gasteiger partial charge on any atom is -0.349 e. The molecular formula is C15H23N5O. The van der Waals surface area contributed by atoms with Gasteiger partial charge in [0.1, 0.15) is 0 Å². The zero-order valence-corrected chi connectivity index (χ0v) is 12.3. The lowest BCUT2D eigenvalue weighted by atomic mass is 10.0. The highest BCUT2D eigenvalue weighted by molar-refractivity contribution is 5.82. The number of likely N-dealkylation sites (tertiary alicyclic amines) is 1. The van der Waals surface area contributed by atoms with Crippen LogP contribution in [-0.2, 0) is 11.3 Å². The van der Waals surface area contributed by atoms with E-state index in [1.807, 2.05) is 12.1 Å². The third-order valence-electron chi connectivity index (χ3n) is 4.45. The summed E-state index contributed by atoms with van der Waals surface area (Å²) in [7, 11) is 0. The van der Waals surface area contributed by atoms with Gasteiger partial charge in [0.15, 0.2) is 0 Å². The Morgan fingerprint density at radius 3 is 3.00 bits per heavy atom. The fourth-order valence-corrected chi connectivity index (χ4v) is 3.37. The van der Waals surface area contributed by atoms with Gasteiger partial charge in [-0.05, 0) is 57.5 Å². The Hall–Kier alpha value is -1.53. The normalized spacial score (nSPS) is 24.1. The van der Waals surface area contributed by atoms with E-state index in [4.69, 9.17) is 0 Å². The first-order valence-electron chi connectivity index (χ1n) is 7.85. The van der Waals surface area contributed by atoms with Gasteiger partial charge >= 0.3 is 0 Å². The average Bonchev–Trinajstić information content (AvgIpc) is 3.04. The van der Waals surface area contributed by atoms with Crippen molar-refractivity contribution in [1.82, 2.24) is 25.7 Å². The number of nitrogens with one attached hydrogen (secondary N) is 2. The van der Waals surface area contributed by atoms with Crippen molar-refractivity contribution < 1.29 is 4.79 Å². The maximum Gasteiger partial charge on any atom is 0.237 e. The molecule has 1 aromatic heterocycles. The Kier molecular flexibility index (Phi) is 4.77. The van der Waals surface area contributed by atoms with Gasteiger partial charge in [-0.2, -0.15) is 10.2 Å². The SMILES string of the molecule is O=C(NCc1cccnn1)C1CCCN1C1CCNCC1. The summed E-state index contributed by atoms with van der Waals surface area (Å²) in [5, 5.41) is 14.2. The number of hydrogen-bond acceptors (Lipinski definition) is 5. The lowest BCUT2D eigenvalue weighted by Gasteiger charge is -2.35. The Balaban J connectivity index is 1.55. The zero-order chi connectivity index (χ0) is 14.5. The standard InChI is InChI=1S/C15H23N5O/c21-15(17-11-12-3-1-7-18-19-12)14-4-2-10-20(14)13-5-8-16-9-6-13/h1,3,7,13-14,16H,2,4-6,8-11H2,(H,17,21). The van der Waals surface area contributed by atoms with Crippen molar-refractivity contribution in [3.8, 4) is 0 Å². The molecule has 114 valence electrons. The number of piperidine rings is 1. The molecule has 1 aromatic rings. The van der Waals surface area contributed by atoms with Gasteiger partial charge in [-0.25, -0.2) is 0 Å². The summed E-state index contributed by atoms with van der Waals surface area (Å²) in [6.45, 7) is 3.64. The van der Waals surface area contributed by atoms with E-state index in [0.29, 0.717) is 12.6 Å². The molecule has 6 nitrogen and oxygen atoms in total. The second-order valence-corrected chi connectivity index (χ2v) is 5.81. The summed E-state index contributed by atoms with van der Waals surface area (Å²) in [5.74, 6) is 0.136. The molecule has 0 bridgehead atoms. The van der Waals surface area contributed by atoms with Crippen molar-refractivity contribution >= 4 is 5.91 Å². The van der Waals surface area contributed by atoms with E-state index in [2.05, 4.69) is 25.7 Å². The number of hydrogen-bond donors (Lipinski definition) is 2. The predicted molar refractivity (Wildman–Crippen MR) is 79.5 cm³/mol. The first-order chi connectivity index (χ1) is 10.3. The molecule has 2 aliphatic rings. The van der Waals surface area contributed by atoms with Gasteiger partial charge in [-0.1, -0.05) is 0 Å². The van der Waals surface area contributed by atoms with E-state index in [-0.39, 0.29) is 11.9 Å². The second kappa shape index (κ2) is 6.95. The summed E-state index contributed by atoms with van der Waals surface area (Å²) >= 11 is 0. The van der Waals surface area contributed by atoms with Gasteiger partial charge in [0.25, 0.3) is 0 Å². The van der Waals surface area contributed by atoms with Crippen molar-refractivity contribution in [2.75, 3.05) is 19.6 Å². The highest BCUT2D eigenvalue weighted by atomic mass is 16.2. The van der Waals surface area contributed by atoms with Gasteiger partial charge in [0.05, 0.1) is 18.3 Å². The number of nitrogens with zero attached hydrogens (tertiary/aromatic N) is 3. The average molecular weight is 289 g/mol. The van der Waals surface area contributed by atoms with Crippen LogP contribution in [0.4, 0.5) is 0 Å². The van der Waals surface area contributed by atoms with Gasteiger partial charge in [-0.15, -0.1) is 0 Å². The third-order valence-corrected chi connectivity index (χ3v) is 4.45. The summed E-state index contributed by atoms with van der Waals surface area (Å²) < 4.78 is 0. The molecule has 2 saturated heterocycles. The molecule has 2 N–H and O–H groups in total. The molecule has 21 heavy (non-hydrogen) atoms. The van der Waals surface area contributed by atoms with Gasteiger partial charge in [-0.3, -0.25) is 9.69 Å². The van der Waals surface area contributed by atoms with E-state index in [0.717, 1.165) is 51.0 Å². The number of rotatable bonds is 4. The summed E-state index contributed by atoms with van der Waals surface area (Å²) in [4.78, 5) is 14.9. The maximum atomic E-state index is 12.5. The van der Waals surface area contributed by atoms with Crippen LogP contribution in [0.5, 0.6) is 0 Å². The van der Waals surface area contributed by atoms with E-state index in [1.165, 1.54) is 0 Å². The number of carbonyl (C=O) groups excluding carboxylic acids is 1. The highest BCUT2D eigenvalue weighted by Crippen LogP contribution is 2.24. The number of aromatic nitrogens is 2. The van der Waals surface area contributed by atoms with Crippen molar-refractivity contribution in [2.24, 2.45) is 0 Å².